The number of benzene rings is 2. The molecule has 0 saturated carbocycles. The van der Waals surface area contributed by atoms with Crippen molar-refractivity contribution in [3.63, 3.8) is 0 Å². The van der Waals surface area contributed by atoms with Crippen molar-refractivity contribution in [2.24, 2.45) is 0 Å². The van der Waals surface area contributed by atoms with Crippen LogP contribution in [0.1, 0.15) is 25.7 Å². The van der Waals surface area contributed by atoms with Crippen LogP contribution in [0.15, 0.2) is 59.6 Å². The summed E-state index contributed by atoms with van der Waals surface area (Å²) in [7, 11) is -3.86. The van der Waals surface area contributed by atoms with Gasteiger partial charge in [0.15, 0.2) is 5.82 Å². The number of rotatable bonds is 7. The van der Waals surface area contributed by atoms with E-state index in [1.807, 2.05) is 37.4 Å². The summed E-state index contributed by atoms with van der Waals surface area (Å²) < 4.78 is 48.4. The molecule has 2 aromatic heterocycles. The van der Waals surface area contributed by atoms with Crippen LogP contribution in [0.25, 0.3) is 10.9 Å². The minimum atomic E-state index is -3.86. The van der Waals surface area contributed by atoms with E-state index >= 15 is 0 Å². The topological polar surface area (TPSA) is 102 Å². The number of aromatic amines is 1. The molecule has 0 bridgehead atoms. The van der Waals surface area contributed by atoms with Gasteiger partial charge in [-0.15, -0.1) is 5.10 Å². The highest BCUT2D eigenvalue weighted by Gasteiger charge is 2.24. The van der Waals surface area contributed by atoms with Crippen LogP contribution in [0.3, 0.4) is 0 Å². The molecule has 2 heterocycles. The van der Waals surface area contributed by atoms with Crippen molar-refractivity contribution in [1.29, 1.82) is 0 Å². The van der Waals surface area contributed by atoms with Gasteiger partial charge in [0.1, 0.15) is 11.6 Å². The number of fused-ring (bicyclic) bond motifs is 1. The molecule has 0 unspecified atom stereocenters. The van der Waals surface area contributed by atoms with Crippen molar-refractivity contribution in [2.75, 3.05) is 0 Å². The Balaban J connectivity index is 1.57. The van der Waals surface area contributed by atoms with Gasteiger partial charge >= 0.3 is 6.01 Å². The number of ether oxygens (including phenoxy) is 1. The summed E-state index contributed by atoms with van der Waals surface area (Å²) in [6.07, 6.45) is 1.84. The summed E-state index contributed by atoms with van der Waals surface area (Å²) in [5.41, 5.74) is 0.927. The molecule has 4 aromatic rings. The SMILES string of the molecule is CCn1c(Oc2ccc3cc[nH]c3c2)nnc1[C@@H](C)NS(=O)(=O)c1ccc(F)cc1. The predicted molar refractivity (Wildman–Crippen MR) is 109 cm³/mol. The van der Waals surface area contributed by atoms with Crippen molar-refractivity contribution in [3.8, 4) is 11.8 Å². The number of sulfonamides is 1. The summed E-state index contributed by atoms with van der Waals surface area (Å²) in [5.74, 6) is 0.476. The molecule has 0 fully saturated rings. The first-order valence-electron chi connectivity index (χ1n) is 9.33. The van der Waals surface area contributed by atoms with Crippen molar-refractivity contribution in [3.05, 3.63) is 66.4 Å². The fourth-order valence-corrected chi connectivity index (χ4v) is 4.36. The number of hydrogen-bond acceptors (Lipinski definition) is 5. The molecule has 2 aromatic carbocycles. The van der Waals surface area contributed by atoms with Crippen molar-refractivity contribution >= 4 is 20.9 Å². The van der Waals surface area contributed by atoms with E-state index in [0.29, 0.717) is 18.1 Å². The first kappa shape index (κ1) is 20.0. The number of H-pyrrole nitrogens is 1. The van der Waals surface area contributed by atoms with E-state index in [0.717, 1.165) is 23.0 Å². The Kier molecular flexibility index (Phi) is 5.27. The van der Waals surface area contributed by atoms with Gasteiger partial charge in [-0.25, -0.2) is 17.5 Å². The summed E-state index contributed by atoms with van der Waals surface area (Å²) >= 11 is 0. The van der Waals surface area contributed by atoms with Crippen molar-refractivity contribution in [2.45, 2.75) is 31.3 Å². The lowest BCUT2D eigenvalue weighted by Gasteiger charge is -2.15. The standard InChI is InChI=1S/C20H20FN5O3S/c1-3-26-19(13(2)25-30(27,28)17-8-5-15(21)6-9-17)23-24-20(26)29-16-7-4-14-10-11-22-18(14)12-16/h4-13,22,25H,3H2,1-2H3/t13-/m1/s1. The molecule has 156 valence electrons. The normalized spacial score (nSPS) is 12.9. The summed E-state index contributed by atoms with van der Waals surface area (Å²) in [6.45, 7) is 4.02. The molecule has 0 radical (unpaired) electrons. The monoisotopic (exact) mass is 429 g/mol. The first-order valence-corrected chi connectivity index (χ1v) is 10.8. The molecule has 8 nitrogen and oxygen atoms in total. The molecule has 0 amide bonds. The fourth-order valence-electron chi connectivity index (χ4n) is 3.16. The van der Waals surface area contributed by atoms with E-state index < -0.39 is 21.9 Å². The molecule has 2 N–H and O–H groups in total. The molecule has 1 atom stereocenters. The lowest BCUT2D eigenvalue weighted by Crippen LogP contribution is -2.29. The Bertz CT molecular complexity index is 1280. The Morgan fingerprint density at radius 2 is 1.93 bits per heavy atom. The minimum Gasteiger partial charge on any atom is -0.424 e. The van der Waals surface area contributed by atoms with Gasteiger partial charge in [-0.05, 0) is 61.7 Å². The number of hydrogen-bond donors (Lipinski definition) is 2. The van der Waals surface area contributed by atoms with Gasteiger partial charge in [-0.3, -0.25) is 4.57 Å². The average Bonchev–Trinajstić information content (AvgIpc) is 3.34. The molecule has 10 heteroatoms. The molecule has 0 aliphatic rings. The average molecular weight is 429 g/mol. The van der Waals surface area contributed by atoms with E-state index in [2.05, 4.69) is 19.9 Å². The Hall–Kier alpha value is -3.24. The second-order valence-corrected chi connectivity index (χ2v) is 8.42. The summed E-state index contributed by atoms with van der Waals surface area (Å²) in [6, 6.07) is 11.7. The molecular weight excluding hydrogens is 409 g/mol. The highest BCUT2D eigenvalue weighted by Crippen LogP contribution is 2.26. The van der Waals surface area contributed by atoms with Gasteiger partial charge in [-0.1, -0.05) is 5.10 Å². The van der Waals surface area contributed by atoms with Crippen LogP contribution in [-0.4, -0.2) is 28.2 Å². The van der Waals surface area contributed by atoms with Crippen LogP contribution in [0, 0.1) is 5.82 Å². The van der Waals surface area contributed by atoms with Gasteiger partial charge in [0.2, 0.25) is 10.0 Å². The van der Waals surface area contributed by atoms with E-state index in [1.165, 1.54) is 12.1 Å². The number of nitrogens with zero attached hydrogens (tertiary/aromatic N) is 3. The number of halogens is 1. The van der Waals surface area contributed by atoms with Crippen LogP contribution in [0.5, 0.6) is 11.8 Å². The maximum Gasteiger partial charge on any atom is 0.322 e. The molecular formula is C20H20FN5O3S. The van der Waals surface area contributed by atoms with Gasteiger partial charge in [0, 0.05) is 24.3 Å². The molecule has 0 saturated heterocycles. The second kappa shape index (κ2) is 7.88. The zero-order valence-corrected chi connectivity index (χ0v) is 17.1. The zero-order valence-electron chi connectivity index (χ0n) is 16.3. The molecule has 0 spiro atoms. The maximum absolute atomic E-state index is 13.1. The highest BCUT2D eigenvalue weighted by molar-refractivity contribution is 7.89. The lowest BCUT2D eigenvalue weighted by molar-refractivity contribution is 0.408. The zero-order chi connectivity index (χ0) is 21.3. The molecule has 30 heavy (non-hydrogen) atoms. The number of nitrogens with one attached hydrogen (secondary N) is 2. The first-order chi connectivity index (χ1) is 14.4. The Labute approximate surface area is 172 Å². The number of aromatic nitrogens is 4. The molecule has 0 aliphatic carbocycles. The Morgan fingerprint density at radius 1 is 1.17 bits per heavy atom. The molecule has 0 aliphatic heterocycles. The van der Waals surface area contributed by atoms with E-state index in [9.17, 15) is 12.8 Å². The largest absolute Gasteiger partial charge is 0.424 e. The van der Waals surface area contributed by atoms with Gasteiger partial charge < -0.3 is 9.72 Å². The smallest absolute Gasteiger partial charge is 0.322 e. The third-order valence-electron chi connectivity index (χ3n) is 4.64. The Morgan fingerprint density at radius 3 is 2.67 bits per heavy atom. The maximum atomic E-state index is 13.1. The minimum absolute atomic E-state index is 0.0333. The van der Waals surface area contributed by atoms with Crippen LogP contribution in [-0.2, 0) is 16.6 Å². The lowest BCUT2D eigenvalue weighted by atomic mass is 10.2. The van der Waals surface area contributed by atoms with Crippen LogP contribution >= 0.6 is 0 Å². The van der Waals surface area contributed by atoms with E-state index in [4.69, 9.17) is 4.74 Å². The van der Waals surface area contributed by atoms with Gasteiger partial charge in [-0.2, -0.15) is 0 Å². The fraction of sp³-hybridized carbons (Fsp3) is 0.200. The van der Waals surface area contributed by atoms with Crippen molar-refractivity contribution < 1.29 is 17.5 Å². The summed E-state index contributed by atoms with van der Waals surface area (Å²) in [5, 5.41) is 9.26. The van der Waals surface area contributed by atoms with Gasteiger partial charge in [0.05, 0.1) is 10.9 Å². The van der Waals surface area contributed by atoms with Gasteiger partial charge in [0.25, 0.3) is 0 Å². The second-order valence-electron chi connectivity index (χ2n) is 6.71. The quantitative estimate of drug-likeness (QED) is 0.466. The highest BCUT2D eigenvalue weighted by atomic mass is 32.2. The van der Waals surface area contributed by atoms with Crippen LogP contribution in [0.2, 0.25) is 0 Å². The predicted octanol–water partition coefficient (Wildman–Crippen LogP) is 3.75. The van der Waals surface area contributed by atoms with E-state index in [1.54, 1.807) is 11.5 Å². The van der Waals surface area contributed by atoms with Crippen molar-refractivity contribution in [1.82, 2.24) is 24.5 Å². The van der Waals surface area contributed by atoms with E-state index in [-0.39, 0.29) is 10.9 Å². The third kappa shape index (κ3) is 3.91. The molecule has 4 rings (SSSR count). The van der Waals surface area contributed by atoms with Crippen LogP contribution in [0.4, 0.5) is 4.39 Å². The third-order valence-corrected chi connectivity index (χ3v) is 6.20. The van der Waals surface area contributed by atoms with Crippen LogP contribution < -0.4 is 9.46 Å². The summed E-state index contributed by atoms with van der Waals surface area (Å²) in [4.78, 5) is 3.09.